The lowest BCUT2D eigenvalue weighted by molar-refractivity contribution is -0.139. The molecule has 0 saturated heterocycles. The number of carbonyl (C=O) groups excluding carboxylic acids is 1. The molecule has 2 amide bonds. The van der Waals surface area contributed by atoms with Gasteiger partial charge in [0.05, 0.1) is 0 Å². The van der Waals surface area contributed by atoms with E-state index in [4.69, 9.17) is 28.3 Å². The number of carbonyl (C=O) groups is 2. The number of benzene rings is 1. The van der Waals surface area contributed by atoms with Crippen LogP contribution >= 0.6 is 35.0 Å². The molecule has 0 aromatic heterocycles. The van der Waals surface area contributed by atoms with E-state index in [9.17, 15) is 9.59 Å². The van der Waals surface area contributed by atoms with Gasteiger partial charge < -0.3 is 15.7 Å². The number of carboxylic acids is 1. The number of amides is 2. The Kier molecular flexibility index (Phi) is 7.71. The Morgan fingerprint density at radius 3 is 2.71 bits per heavy atom. The second-order valence-electron chi connectivity index (χ2n) is 4.24. The number of nitrogens with one attached hydrogen (secondary N) is 2. The van der Waals surface area contributed by atoms with Crippen LogP contribution in [0.2, 0.25) is 10.0 Å². The molecule has 0 spiro atoms. The smallest absolute Gasteiger partial charge is 0.326 e. The van der Waals surface area contributed by atoms with Gasteiger partial charge in [-0.25, -0.2) is 9.59 Å². The number of hydrogen-bond acceptors (Lipinski definition) is 3. The van der Waals surface area contributed by atoms with Crippen LogP contribution in [0.25, 0.3) is 0 Å². The van der Waals surface area contributed by atoms with E-state index >= 15 is 0 Å². The largest absolute Gasteiger partial charge is 0.480 e. The van der Waals surface area contributed by atoms with Crippen molar-refractivity contribution in [3.05, 3.63) is 33.8 Å². The van der Waals surface area contributed by atoms with Crippen molar-refractivity contribution in [3.8, 4) is 0 Å². The van der Waals surface area contributed by atoms with Gasteiger partial charge in [0.2, 0.25) is 0 Å². The molecule has 1 atom stereocenters. The Hall–Kier alpha value is -1.11. The number of carboxylic acid groups (broad SMARTS) is 1. The third-order valence-corrected chi connectivity index (χ3v) is 3.91. The summed E-state index contributed by atoms with van der Waals surface area (Å²) in [6.45, 7) is 0.167. The maximum absolute atomic E-state index is 11.7. The number of hydrogen-bond donors (Lipinski definition) is 3. The SMILES string of the molecule is CSCCC(NC(=O)NCc1cc(Cl)ccc1Cl)C(=O)O. The normalized spacial score (nSPS) is 11.8. The molecule has 1 aromatic rings. The molecule has 116 valence electrons. The molecule has 0 aliphatic carbocycles. The van der Waals surface area contributed by atoms with Crippen LogP contribution in [0.3, 0.4) is 0 Å². The van der Waals surface area contributed by atoms with E-state index in [-0.39, 0.29) is 6.54 Å². The molecule has 1 rings (SSSR count). The summed E-state index contributed by atoms with van der Waals surface area (Å²) in [6.07, 6.45) is 2.24. The quantitative estimate of drug-likeness (QED) is 0.706. The fraction of sp³-hybridized carbons (Fsp3) is 0.385. The molecule has 0 aliphatic heterocycles. The van der Waals surface area contributed by atoms with Gasteiger partial charge in [-0.15, -0.1) is 0 Å². The van der Waals surface area contributed by atoms with Crippen molar-refractivity contribution < 1.29 is 14.7 Å². The number of urea groups is 1. The molecule has 0 fully saturated rings. The molecule has 21 heavy (non-hydrogen) atoms. The Balaban J connectivity index is 2.52. The van der Waals surface area contributed by atoms with Crippen molar-refractivity contribution in [2.24, 2.45) is 0 Å². The van der Waals surface area contributed by atoms with Gasteiger partial charge in [0.15, 0.2) is 0 Å². The van der Waals surface area contributed by atoms with Gasteiger partial charge in [-0.1, -0.05) is 23.2 Å². The summed E-state index contributed by atoms with van der Waals surface area (Å²) in [5.41, 5.74) is 0.662. The molecule has 0 aliphatic rings. The van der Waals surface area contributed by atoms with Crippen molar-refractivity contribution >= 4 is 47.0 Å². The molecule has 0 heterocycles. The second kappa shape index (κ2) is 9.02. The molecule has 3 N–H and O–H groups in total. The number of thioether (sulfide) groups is 1. The highest BCUT2D eigenvalue weighted by atomic mass is 35.5. The van der Waals surface area contributed by atoms with Crippen LogP contribution in [0.1, 0.15) is 12.0 Å². The van der Waals surface area contributed by atoms with Crippen molar-refractivity contribution in [1.29, 1.82) is 0 Å². The Bertz CT molecular complexity index is 514. The van der Waals surface area contributed by atoms with Gasteiger partial charge in [0, 0.05) is 16.6 Å². The van der Waals surface area contributed by atoms with Gasteiger partial charge in [0.1, 0.15) is 6.04 Å². The summed E-state index contributed by atoms with van der Waals surface area (Å²) in [7, 11) is 0. The maximum Gasteiger partial charge on any atom is 0.326 e. The van der Waals surface area contributed by atoms with Crippen molar-refractivity contribution in [3.63, 3.8) is 0 Å². The third kappa shape index (κ3) is 6.46. The molecule has 0 saturated carbocycles. The summed E-state index contributed by atoms with van der Waals surface area (Å²) < 4.78 is 0. The number of aliphatic carboxylic acids is 1. The minimum Gasteiger partial charge on any atom is -0.480 e. The van der Waals surface area contributed by atoms with Crippen molar-refractivity contribution in [2.45, 2.75) is 19.0 Å². The lowest BCUT2D eigenvalue weighted by Crippen LogP contribution is -2.46. The third-order valence-electron chi connectivity index (χ3n) is 2.66. The second-order valence-corrected chi connectivity index (χ2v) is 6.06. The first-order valence-electron chi connectivity index (χ1n) is 6.14. The highest BCUT2D eigenvalue weighted by Gasteiger charge is 2.19. The fourth-order valence-electron chi connectivity index (χ4n) is 1.56. The lowest BCUT2D eigenvalue weighted by Gasteiger charge is -2.15. The monoisotopic (exact) mass is 350 g/mol. The van der Waals surface area contributed by atoms with Crippen LogP contribution in [0, 0.1) is 0 Å². The maximum atomic E-state index is 11.7. The van der Waals surface area contributed by atoms with Crippen LogP contribution in [-0.4, -0.2) is 35.2 Å². The predicted octanol–water partition coefficient (Wildman–Crippen LogP) is 3.00. The van der Waals surface area contributed by atoms with Crippen LogP contribution < -0.4 is 10.6 Å². The summed E-state index contributed by atoms with van der Waals surface area (Å²) in [5, 5.41) is 15.0. The summed E-state index contributed by atoms with van der Waals surface area (Å²) in [4.78, 5) is 22.7. The van der Waals surface area contributed by atoms with E-state index in [0.29, 0.717) is 27.8 Å². The van der Waals surface area contributed by atoms with E-state index in [1.165, 1.54) is 11.8 Å². The van der Waals surface area contributed by atoms with Crippen LogP contribution in [0.4, 0.5) is 4.79 Å². The lowest BCUT2D eigenvalue weighted by atomic mass is 10.2. The predicted molar refractivity (Wildman–Crippen MR) is 86.3 cm³/mol. The van der Waals surface area contributed by atoms with Gasteiger partial charge in [-0.2, -0.15) is 11.8 Å². The standard InChI is InChI=1S/C13H16Cl2N2O3S/c1-21-5-4-11(12(18)19)17-13(20)16-7-8-6-9(14)2-3-10(8)15/h2-3,6,11H,4-5,7H2,1H3,(H,18,19)(H2,16,17,20). The van der Waals surface area contributed by atoms with Gasteiger partial charge in [-0.05, 0) is 42.2 Å². The fourth-order valence-corrected chi connectivity index (χ4v) is 2.41. The summed E-state index contributed by atoms with van der Waals surface area (Å²) in [5.74, 6) is -0.405. The first kappa shape index (κ1) is 17.9. The van der Waals surface area contributed by atoms with Crippen molar-refractivity contribution in [1.82, 2.24) is 10.6 Å². The van der Waals surface area contributed by atoms with E-state index < -0.39 is 18.0 Å². The number of halogens is 2. The minimum atomic E-state index is -1.06. The zero-order chi connectivity index (χ0) is 15.8. The molecule has 0 bridgehead atoms. The molecular formula is C13H16Cl2N2O3S. The Morgan fingerprint density at radius 1 is 1.38 bits per heavy atom. The minimum absolute atomic E-state index is 0.167. The van der Waals surface area contributed by atoms with Crippen LogP contribution in [0.5, 0.6) is 0 Å². The molecule has 8 heteroatoms. The first-order chi connectivity index (χ1) is 9.93. The average molecular weight is 351 g/mol. The van der Waals surface area contributed by atoms with E-state index in [0.717, 1.165) is 0 Å². The van der Waals surface area contributed by atoms with Gasteiger partial charge in [0.25, 0.3) is 0 Å². The zero-order valence-corrected chi connectivity index (χ0v) is 13.7. The molecule has 1 unspecified atom stereocenters. The topological polar surface area (TPSA) is 78.4 Å². The van der Waals surface area contributed by atoms with Crippen molar-refractivity contribution in [2.75, 3.05) is 12.0 Å². The van der Waals surface area contributed by atoms with Gasteiger partial charge in [-0.3, -0.25) is 0 Å². The highest BCUT2D eigenvalue weighted by molar-refractivity contribution is 7.98. The van der Waals surface area contributed by atoms with E-state index in [1.807, 2.05) is 6.26 Å². The summed E-state index contributed by atoms with van der Waals surface area (Å²) in [6, 6.07) is 3.46. The van der Waals surface area contributed by atoms with E-state index in [1.54, 1.807) is 18.2 Å². The molecule has 5 nitrogen and oxygen atoms in total. The molecular weight excluding hydrogens is 335 g/mol. The number of rotatable bonds is 7. The molecule has 0 radical (unpaired) electrons. The Morgan fingerprint density at radius 2 is 2.10 bits per heavy atom. The first-order valence-corrected chi connectivity index (χ1v) is 8.29. The van der Waals surface area contributed by atoms with Crippen LogP contribution in [0.15, 0.2) is 18.2 Å². The highest BCUT2D eigenvalue weighted by Crippen LogP contribution is 2.20. The van der Waals surface area contributed by atoms with Crippen LogP contribution in [-0.2, 0) is 11.3 Å². The average Bonchev–Trinajstić information content (AvgIpc) is 2.44. The Labute approximate surface area is 137 Å². The zero-order valence-electron chi connectivity index (χ0n) is 11.4. The summed E-state index contributed by atoms with van der Waals surface area (Å²) >= 11 is 13.3. The van der Waals surface area contributed by atoms with Gasteiger partial charge >= 0.3 is 12.0 Å². The molecule has 1 aromatic carbocycles. The van der Waals surface area contributed by atoms with E-state index in [2.05, 4.69) is 10.6 Å².